The number of methoxy groups -OCH3 is 2. The molecule has 0 radical (unpaired) electrons. The molecule has 0 saturated carbocycles. The number of aliphatic hydroxyl groups excluding tert-OH is 1. The first-order valence-corrected chi connectivity index (χ1v) is 8.22. The Morgan fingerprint density at radius 3 is 2.43 bits per heavy atom. The number of hydrogen-bond donors (Lipinski definition) is 1. The second-order valence-corrected chi connectivity index (χ2v) is 6.30. The molecule has 1 atom stereocenters. The highest BCUT2D eigenvalue weighted by atomic mass is 16.5. The molecule has 1 rings (SSSR count). The van der Waals surface area contributed by atoms with Gasteiger partial charge in [-0.25, -0.2) is 0 Å². The molecule has 0 heterocycles. The highest BCUT2D eigenvalue weighted by Crippen LogP contribution is 2.28. The highest BCUT2D eigenvalue weighted by Gasteiger charge is 2.14. The summed E-state index contributed by atoms with van der Waals surface area (Å²) >= 11 is 0. The van der Waals surface area contributed by atoms with Gasteiger partial charge in [-0.2, -0.15) is 0 Å². The molecule has 4 nitrogen and oxygen atoms in total. The molecule has 0 saturated heterocycles. The molecule has 0 aliphatic rings. The van der Waals surface area contributed by atoms with Gasteiger partial charge in [-0.05, 0) is 36.5 Å². The molecule has 1 aromatic carbocycles. The average Bonchev–Trinajstić information content (AvgIpc) is 2.52. The summed E-state index contributed by atoms with van der Waals surface area (Å²) in [6.07, 6.45) is 3.12. The van der Waals surface area contributed by atoms with Crippen LogP contribution in [-0.2, 0) is 6.54 Å². The minimum absolute atomic E-state index is 0.327. The van der Waals surface area contributed by atoms with Crippen LogP contribution in [0.4, 0.5) is 0 Å². The SMILES string of the molecule is C=CCCC(O)CN(Cc1ccc(OC)c(OC)c1)CC(C)C. The predicted molar refractivity (Wildman–Crippen MR) is 95.1 cm³/mol. The third kappa shape index (κ3) is 7.06. The second kappa shape index (κ2) is 10.3. The van der Waals surface area contributed by atoms with Crippen molar-refractivity contribution in [3.63, 3.8) is 0 Å². The fraction of sp³-hybridized carbons (Fsp3) is 0.579. The largest absolute Gasteiger partial charge is 0.493 e. The Morgan fingerprint density at radius 1 is 1.17 bits per heavy atom. The van der Waals surface area contributed by atoms with Crippen molar-refractivity contribution >= 4 is 0 Å². The number of hydrogen-bond acceptors (Lipinski definition) is 4. The van der Waals surface area contributed by atoms with E-state index in [1.165, 1.54) is 0 Å². The molecule has 0 aromatic heterocycles. The van der Waals surface area contributed by atoms with E-state index in [2.05, 4.69) is 25.3 Å². The van der Waals surface area contributed by atoms with Crippen LogP contribution >= 0.6 is 0 Å². The van der Waals surface area contributed by atoms with E-state index in [4.69, 9.17) is 9.47 Å². The Balaban J connectivity index is 2.77. The van der Waals surface area contributed by atoms with Gasteiger partial charge >= 0.3 is 0 Å². The average molecular weight is 321 g/mol. The van der Waals surface area contributed by atoms with Crippen molar-refractivity contribution in [2.75, 3.05) is 27.3 Å². The summed E-state index contributed by atoms with van der Waals surface area (Å²) in [5.41, 5.74) is 1.15. The first-order chi connectivity index (χ1) is 11.0. The van der Waals surface area contributed by atoms with Crippen molar-refractivity contribution in [3.05, 3.63) is 36.4 Å². The summed E-state index contributed by atoms with van der Waals surface area (Å²) in [4.78, 5) is 2.29. The third-order valence-electron chi connectivity index (χ3n) is 3.65. The Labute approximate surface area is 140 Å². The number of ether oxygens (including phenoxy) is 2. The molecule has 23 heavy (non-hydrogen) atoms. The van der Waals surface area contributed by atoms with Crippen molar-refractivity contribution in [3.8, 4) is 11.5 Å². The maximum absolute atomic E-state index is 10.2. The molecule has 0 fully saturated rings. The second-order valence-electron chi connectivity index (χ2n) is 6.30. The van der Waals surface area contributed by atoms with Crippen LogP contribution in [-0.4, -0.2) is 43.4 Å². The van der Waals surface area contributed by atoms with E-state index in [-0.39, 0.29) is 6.10 Å². The van der Waals surface area contributed by atoms with Gasteiger partial charge in [-0.3, -0.25) is 4.90 Å². The number of benzene rings is 1. The minimum atomic E-state index is -0.327. The highest BCUT2D eigenvalue weighted by molar-refractivity contribution is 5.42. The lowest BCUT2D eigenvalue weighted by Gasteiger charge is -2.27. The summed E-state index contributed by atoms with van der Waals surface area (Å²) in [6.45, 7) is 10.5. The standard InChI is InChI=1S/C19H31NO3/c1-6-7-8-17(21)14-20(12-15(2)3)13-16-9-10-18(22-4)19(11-16)23-5/h6,9-11,15,17,21H,1,7-8,12-14H2,2-5H3. The molecule has 0 spiro atoms. The van der Waals surface area contributed by atoms with Crippen molar-refractivity contribution in [2.45, 2.75) is 39.3 Å². The Morgan fingerprint density at radius 2 is 1.87 bits per heavy atom. The molecule has 0 amide bonds. The molecule has 130 valence electrons. The first-order valence-electron chi connectivity index (χ1n) is 8.22. The van der Waals surface area contributed by atoms with E-state index in [1.807, 2.05) is 24.3 Å². The van der Waals surface area contributed by atoms with Crippen LogP contribution in [0.25, 0.3) is 0 Å². The molecular formula is C19H31NO3. The molecule has 4 heteroatoms. The van der Waals surface area contributed by atoms with Crippen molar-refractivity contribution in [1.82, 2.24) is 4.90 Å². The van der Waals surface area contributed by atoms with Gasteiger partial charge in [0, 0.05) is 19.6 Å². The predicted octanol–water partition coefficient (Wildman–Crippen LogP) is 3.49. The number of rotatable bonds is 11. The van der Waals surface area contributed by atoms with Gasteiger partial charge in [0.25, 0.3) is 0 Å². The number of nitrogens with zero attached hydrogens (tertiary/aromatic N) is 1. The third-order valence-corrected chi connectivity index (χ3v) is 3.65. The van der Waals surface area contributed by atoms with E-state index >= 15 is 0 Å². The van der Waals surface area contributed by atoms with E-state index in [0.29, 0.717) is 12.5 Å². The van der Waals surface area contributed by atoms with Crippen LogP contribution in [0.15, 0.2) is 30.9 Å². The van der Waals surface area contributed by atoms with E-state index in [9.17, 15) is 5.11 Å². The lowest BCUT2D eigenvalue weighted by molar-refractivity contribution is 0.0956. The van der Waals surface area contributed by atoms with Crippen LogP contribution < -0.4 is 9.47 Å². The molecule has 1 unspecified atom stereocenters. The van der Waals surface area contributed by atoms with Crippen LogP contribution in [0.1, 0.15) is 32.3 Å². The van der Waals surface area contributed by atoms with Crippen molar-refractivity contribution in [1.29, 1.82) is 0 Å². The minimum Gasteiger partial charge on any atom is -0.493 e. The van der Waals surface area contributed by atoms with Crippen molar-refractivity contribution < 1.29 is 14.6 Å². The van der Waals surface area contributed by atoms with E-state index in [0.717, 1.165) is 43.0 Å². The van der Waals surface area contributed by atoms with Gasteiger partial charge in [-0.15, -0.1) is 6.58 Å². The summed E-state index contributed by atoms with van der Waals surface area (Å²) in [5.74, 6) is 2.01. The van der Waals surface area contributed by atoms with Gasteiger partial charge in [0.15, 0.2) is 11.5 Å². The van der Waals surface area contributed by atoms with Crippen LogP contribution in [0, 0.1) is 5.92 Å². The summed E-state index contributed by atoms with van der Waals surface area (Å²) < 4.78 is 10.7. The van der Waals surface area contributed by atoms with Crippen LogP contribution in [0.3, 0.4) is 0 Å². The first kappa shape index (κ1) is 19.5. The quantitative estimate of drug-likeness (QED) is 0.634. The Bertz CT molecular complexity index is 474. The lowest BCUT2D eigenvalue weighted by atomic mass is 10.1. The molecule has 1 aromatic rings. The zero-order chi connectivity index (χ0) is 17.2. The number of allylic oxidation sites excluding steroid dienone is 1. The monoisotopic (exact) mass is 321 g/mol. The molecule has 0 aliphatic carbocycles. The topological polar surface area (TPSA) is 41.9 Å². The van der Waals surface area contributed by atoms with Gasteiger partial charge in [-0.1, -0.05) is 26.0 Å². The fourth-order valence-electron chi connectivity index (χ4n) is 2.66. The molecule has 0 bridgehead atoms. The van der Waals surface area contributed by atoms with Gasteiger partial charge in [0.05, 0.1) is 20.3 Å². The summed E-state index contributed by atoms with van der Waals surface area (Å²) in [5, 5.41) is 10.2. The van der Waals surface area contributed by atoms with Gasteiger partial charge < -0.3 is 14.6 Å². The Hall–Kier alpha value is -1.52. The Kier molecular flexibility index (Phi) is 8.74. The van der Waals surface area contributed by atoms with E-state index < -0.39 is 0 Å². The maximum Gasteiger partial charge on any atom is 0.161 e. The van der Waals surface area contributed by atoms with Gasteiger partial charge in [0.2, 0.25) is 0 Å². The molecule has 0 aliphatic heterocycles. The van der Waals surface area contributed by atoms with Crippen LogP contribution in [0.2, 0.25) is 0 Å². The smallest absolute Gasteiger partial charge is 0.161 e. The zero-order valence-corrected chi connectivity index (χ0v) is 14.9. The molecular weight excluding hydrogens is 290 g/mol. The van der Waals surface area contributed by atoms with Crippen LogP contribution in [0.5, 0.6) is 11.5 Å². The number of aliphatic hydroxyl groups is 1. The van der Waals surface area contributed by atoms with E-state index in [1.54, 1.807) is 14.2 Å². The summed E-state index contributed by atoms with van der Waals surface area (Å²) in [6, 6.07) is 5.98. The normalized spacial score (nSPS) is 12.5. The molecule has 1 N–H and O–H groups in total. The fourth-order valence-corrected chi connectivity index (χ4v) is 2.66. The summed E-state index contributed by atoms with van der Waals surface area (Å²) in [7, 11) is 3.28. The lowest BCUT2D eigenvalue weighted by Crippen LogP contribution is -2.34. The van der Waals surface area contributed by atoms with Gasteiger partial charge in [0.1, 0.15) is 0 Å². The van der Waals surface area contributed by atoms with Crippen molar-refractivity contribution in [2.24, 2.45) is 5.92 Å². The maximum atomic E-state index is 10.2. The zero-order valence-electron chi connectivity index (χ0n) is 14.9.